The molecular formula is C33H50N2O4. The van der Waals surface area contributed by atoms with Gasteiger partial charge in [0.05, 0.1) is 11.0 Å². The van der Waals surface area contributed by atoms with E-state index in [0.29, 0.717) is 18.0 Å². The molecule has 2 aliphatic carbocycles. The molecule has 1 saturated heterocycles. The van der Waals surface area contributed by atoms with Gasteiger partial charge in [-0.2, -0.15) is 0 Å². The van der Waals surface area contributed by atoms with Gasteiger partial charge >= 0.3 is 6.09 Å². The summed E-state index contributed by atoms with van der Waals surface area (Å²) in [6.07, 6.45) is 14.0. The first kappa shape index (κ1) is 28.5. The summed E-state index contributed by atoms with van der Waals surface area (Å²) in [6, 6.07) is 4.02. The first-order chi connectivity index (χ1) is 18.8. The summed E-state index contributed by atoms with van der Waals surface area (Å²) in [4.78, 5) is 15.3. The van der Waals surface area contributed by atoms with E-state index in [-0.39, 0.29) is 12.1 Å². The van der Waals surface area contributed by atoms with Crippen molar-refractivity contribution in [2.24, 2.45) is 5.92 Å². The number of nitrogens with one attached hydrogen (secondary N) is 1. The van der Waals surface area contributed by atoms with E-state index >= 15 is 0 Å². The maximum absolute atomic E-state index is 12.8. The molecule has 2 bridgehead atoms. The lowest BCUT2D eigenvalue weighted by Crippen LogP contribution is -2.73. The van der Waals surface area contributed by atoms with Gasteiger partial charge in [-0.05, 0) is 75.1 Å². The average molecular weight is 539 g/mol. The van der Waals surface area contributed by atoms with Crippen molar-refractivity contribution < 1.29 is 19.4 Å². The number of piperidine rings is 1. The Morgan fingerprint density at radius 1 is 1.15 bits per heavy atom. The van der Waals surface area contributed by atoms with Crippen molar-refractivity contribution in [2.75, 3.05) is 19.6 Å². The molecule has 4 unspecified atom stereocenters. The van der Waals surface area contributed by atoms with E-state index in [4.69, 9.17) is 9.47 Å². The largest absolute Gasteiger partial charge is 0.481 e. The summed E-state index contributed by atoms with van der Waals surface area (Å²) in [5.74, 6) is 1.85. The molecule has 6 nitrogen and oxygen atoms in total. The van der Waals surface area contributed by atoms with Gasteiger partial charge in [0.2, 0.25) is 0 Å². The maximum atomic E-state index is 12.8. The molecule has 1 amide bonds. The van der Waals surface area contributed by atoms with Crippen LogP contribution >= 0.6 is 0 Å². The minimum Gasteiger partial charge on any atom is -0.481 e. The van der Waals surface area contributed by atoms with Crippen molar-refractivity contribution in [1.82, 2.24) is 10.2 Å². The van der Waals surface area contributed by atoms with Crippen molar-refractivity contribution in [1.29, 1.82) is 0 Å². The predicted molar refractivity (Wildman–Crippen MR) is 156 cm³/mol. The van der Waals surface area contributed by atoms with Crippen LogP contribution in [0.25, 0.3) is 0 Å². The van der Waals surface area contributed by atoms with Gasteiger partial charge < -0.3 is 19.9 Å². The number of amides is 1. The second-order valence-corrected chi connectivity index (χ2v) is 12.8. The highest BCUT2D eigenvalue weighted by Gasteiger charge is 2.68. The number of fused-ring (bicyclic) bond motifs is 1. The number of hydrogen-bond acceptors (Lipinski definition) is 5. The number of hydrogen-bond donors (Lipinski definition) is 2. The molecule has 2 aliphatic heterocycles. The molecule has 0 aromatic heterocycles. The van der Waals surface area contributed by atoms with Gasteiger partial charge in [-0.3, -0.25) is 4.90 Å². The zero-order valence-corrected chi connectivity index (χ0v) is 24.5. The van der Waals surface area contributed by atoms with Gasteiger partial charge in [0.1, 0.15) is 6.10 Å². The smallest absolute Gasteiger partial charge is 0.412 e. The van der Waals surface area contributed by atoms with Crippen LogP contribution in [0.3, 0.4) is 0 Å². The Morgan fingerprint density at radius 3 is 2.56 bits per heavy atom. The van der Waals surface area contributed by atoms with Crippen LogP contribution in [-0.2, 0) is 11.8 Å². The monoisotopic (exact) mass is 538 g/mol. The lowest BCUT2D eigenvalue weighted by molar-refractivity contribution is -0.149. The molecular weight excluding hydrogens is 488 g/mol. The Hall–Kier alpha value is -2.05. The third-order valence-electron chi connectivity index (χ3n) is 10.1. The number of carbonyl (C=O) groups excluding carboxylic acids is 1. The fourth-order valence-electron chi connectivity index (χ4n) is 7.56. The van der Waals surface area contributed by atoms with Gasteiger partial charge in [-0.1, -0.05) is 71.4 Å². The number of benzene rings is 1. The highest BCUT2D eigenvalue weighted by Crippen LogP contribution is 2.63. The Kier molecular flexibility index (Phi) is 8.63. The molecule has 4 atom stereocenters. The summed E-state index contributed by atoms with van der Waals surface area (Å²) in [6.45, 7) is 13.4. The SMILES string of the molecule is C=C(CC)C1Oc2c(OC(=O)NCCCCCCCCCC)ccc3c2C12CCN(CC1CC1)C(C3)C2(C)O. The summed E-state index contributed by atoms with van der Waals surface area (Å²) in [5.41, 5.74) is 1.68. The number of aliphatic hydroxyl groups is 1. The number of likely N-dealkylation sites (tertiary alicyclic amines) is 1. The van der Waals surface area contributed by atoms with Crippen LogP contribution in [0.1, 0.15) is 109 Å². The molecule has 0 radical (unpaired) electrons. The van der Waals surface area contributed by atoms with Gasteiger partial charge in [0.15, 0.2) is 11.5 Å². The first-order valence-corrected chi connectivity index (χ1v) is 15.8. The highest BCUT2D eigenvalue weighted by atomic mass is 16.6. The van der Waals surface area contributed by atoms with E-state index in [1.165, 1.54) is 56.9 Å². The van der Waals surface area contributed by atoms with E-state index in [2.05, 4.69) is 36.7 Å². The molecule has 4 aliphatic rings. The molecule has 2 fully saturated rings. The normalized spacial score (nSPS) is 29.0. The van der Waals surface area contributed by atoms with Crippen molar-refractivity contribution >= 4 is 6.09 Å². The molecule has 1 saturated carbocycles. The molecule has 216 valence electrons. The fourth-order valence-corrected chi connectivity index (χ4v) is 7.56. The zero-order valence-electron chi connectivity index (χ0n) is 24.5. The highest BCUT2D eigenvalue weighted by molar-refractivity contribution is 5.73. The zero-order chi connectivity index (χ0) is 27.6. The minimum atomic E-state index is -0.974. The summed E-state index contributed by atoms with van der Waals surface area (Å²) in [7, 11) is 0. The number of nitrogens with zero attached hydrogens (tertiary/aromatic N) is 1. The minimum absolute atomic E-state index is 0.0442. The van der Waals surface area contributed by atoms with Crippen LogP contribution in [0.15, 0.2) is 24.3 Å². The second-order valence-electron chi connectivity index (χ2n) is 12.8. The van der Waals surface area contributed by atoms with Gasteiger partial charge in [0.25, 0.3) is 0 Å². The predicted octanol–water partition coefficient (Wildman–Crippen LogP) is 6.67. The molecule has 1 spiro atoms. The van der Waals surface area contributed by atoms with Crippen LogP contribution in [0.4, 0.5) is 4.79 Å². The number of unbranched alkanes of at least 4 members (excludes halogenated alkanes) is 7. The van der Waals surface area contributed by atoms with Crippen LogP contribution in [0.2, 0.25) is 0 Å². The lowest BCUT2D eigenvalue weighted by Gasteiger charge is -2.60. The van der Waals surface area contributed by atoms with E-state index in [0.717, 1.165) is 62.2 Å². The third kappa shape index (κ3) is 5.36. The van der Waals surface area contributed by atoms with Gasteiger partial charge in [-0.25, -0.2) is 4.79 Å². The standard InChI is InChI=1S/C33H50N2O4/c1-5-7-8-9-10-11-12-13-19-34-31(36)38-26-17-16-25-21-27-32(4,37)33(18-20-35(27)22-24-14-15-24)28(25)29(26)39-30(33)23(3)6-2/h16-17,24,27,30,37H,3,5-15,18-22H2,1-2,4H3,(H,34,36). The van der Waals surface area contributed by atoms with Gasteiger partial charge in [0, 0.05) is 24.7 Å². The van der Waals surface area contributed by atoms with E-state index < -0.39 is 17.1 Å². The fraction of sp³-hybridized carbons (Fsp3) is 0.727. The molecule has 2 N–H and O–H groups in total. The van der Waals surface area contributed by atoms with Crippen molar-refractivity contribution in [3.8, 4) is 11.5 Å². The van der Waals surface area contributed by atoms with Crippen molar-refractivity contribution in [3.05, 3.63) is 35.4 Å². The molecule has 39 heavy (non-hydrogen) atoms. The average Bonchev–Trinajstić information content (AvgIpc) is 3.66. The lowest BCUT2D eigenvalue weighted by atomic mass is 9.52. The molecule has 6 heteroatoms. The number of carbonyl (C=O) groups is 1. The first-order valence-electron chi connectivity index (χ1n) is 15.8. The Morgan fingerprint density at radius 2 is 1.87 bits per heavy atom. The van der Waals surface area contributed by atoms with Crippen molar-refractivity contribution in [3.63, 3.8) is 0 Å². The van der Waals surface area contributed by atoms with Gasteiger partial charge in [-0.15, -0.1) is 0 Å². The van der Waals surface area contributed by atoms with Crippen LogP contribution in [-0.4, -0.2) is 53.5 Å². The van der Waals surface area contributed by atoms with E-state index in [1.54, 1.807) is 0 Å². The second kappa shape index (κ2) is 11.8. The van der Waals surface area contributed by atoms with Crippen LogP contribution < -0.4 is 14.8 Å². The summed E-state index contributed by atoms with van der Waals surface area (Å²) < 4.78 is 12.5. The maximum Gasteiger partial charge on any atom is 0.412 e. The van der Waals surface area contributed by atoms with E-state index in [1.807, 2.05) is 13.0 Å². The molecule has 1 aromatic rings. The van der Waals surface area contributed by atoms with E-state index in [9.17, 15) is 9.90 Å². The molecule has 5 rings (SSSR count). The number of ether oxygens (including phenoxy) is 2. The van der Waals surface area contributed by atoms with Crippen LogP contribution in [0, 0.1) is 5.92 Å². The Bertz CT molecular complexity index is 1050. The Balaban J connectivity index is 1.29. The summed E-state index contributed by atoms with van der Waals surface area (Å²) >= 11 is 0. The Labute approximate surface area is 235 Å². The topological polar surface area (TPSA) is 71.0 Å². The third-order valence-corrected chi connectivity index (χ3v) is 10.1. The molecule has 1 aromatic carbocycles. The number of rotatable bonds is 14. The van der Waals surface area contributed by atoms with Crippen LogP contribution in [0.5, 0.6) is 11.5 Å². The molecule has 2 heterocycles. The quantitative estimate of drug-likeness (QED) is 0.204. The van der Waals surface area contributed by atoms with Crippen molar-refractivity contribution in [2.45, 2.75) is 127 Å². The summed E-state index contributed by atoms with van der Waals surface area (Å²) in [5, 5.41) is 15.3.